The van der Waals surface area contributed by atoms with Crippen LogP contribution in [-0.2, 0) is 0 Å². The zero-order valence-corrected chi connectivity index (χ0v) is 10.8. The van der Waals surface area contributed by atoms with Crippen LogP contribution in [0.2, 0.25) is 0 Å². The van der Waals surface area contributed by atoms with Gasteiger partial charge in [-0.2, -0.15) is 0 Å². The maximum atomic E-state index is 5.90. The van der Waals surface area contributed by atoms with E-state index in [4.69, 9.17) is 10.5 Å². The smallest absolute Gasteiger partial charge is 0.127 e. The van der Waals surface area contributed by atoms with Crippen LogP contribution in [0, 0.1) is 13.8 Å². The lowest BCUT2D eigenvalue weighted by Crippen LogP contribution is -2.27. The van der Waals surface area contributed by atoms with E-state index >= 15 is 0 Å². The summed E-state index contributed by atoms with van der Waals surface area (Å²) in [5.41, 5.74) is 9.44. The Labute approximate surface area is 103 Å². The van der Waals surface area contributed by atoms with Gasteiger partial charge in [0.1, 0.15) is 5.75 Å². The highest BCUT2D eigenvalue weighted by Crippen LogP contribution is 2.36. The van der Waals surface area contributed by atoms with Gasteiger partial charge >= 0.3 is 0 Å². The van der Waals surface area contributed by atoms with Gasteiger partial charge in [-0.15, -0.1) is 0 Å². The summed E-state index contributed by atoms with van der Waals surface area (Å²) in [5.74, 6) is 1.08. The predicted molar refractivity (Wildman–Crippen MR) is 70.4 cm³/mol. The highest BCUT2D eigenvalue weighted by Gasteiger charge is 2.22. The molecule has 0 fully saturated rings. The van der Waals surface area contributed by atoms with Crippen molar-refractivity contribution in [2.75, 3.05) is 19.7 Å². The van der Waals surface area contributed by atoms with Crippen molar-refractivity contribution in [3.63, 3.8) is 0 Å². The van der Waals surface area contributed by atoms with Crippen LogP contribution in [-0.4, -0.2) is 19.7 Å². The van der Waals surface area contributed by atoms with Gasteiger partial charge in [-0.3, -0.25) is 0 Å². The molecular formula is C14H22N2O. The molecule has 1 aliphatic rings. The molecule has 0 spiro atoms. The predicted octanol–water partition coefficient (Wildman–Crippen LogP) is 2.07. The van der Waals surface area contributed by atoms with Gasteiger partial charge in [-0.05, 0) is 37.8 Å². The third-order valence-electron chi connectivity index (χ3n) is 3.38. The summed E-state index contributed by atoms with van der Waals surface area (Å²) >= 11 is 0. The molecule has 3 N–H and O–H groups in total. The minimum atomic E-state index is 0.385. The first-order valence-corrected chi connectivity index (χ1v) is 6.40. The van der Waals surface area contributed by atoms with Crippen LogP contribution >= 0.6 is 0 Å². The van der Waals surface area contributed by atoms with E-state index < -0.39 is 0 Å². The quantitative estimate of drug-likeness (QED) is 0.841. The lowest BCUT2D eigenvalue weighted by molar-refractivity contribution is 0.313. The third kappa shape index (κ3) is 2.61. The van der Waals surface area contributed by atoms with Crippen LogP contribution in [0.4, 0.5) is 0 Å². The fourth-order valence-corrected chi connectivity index (χ4v) is 2.50. The SMILES string of the molecule is Cc1ccc(C)c2c1OCCCC2NCCN. The summed E-state index contributed by atoms with van der Waals surface area (Å²) in [6, 6.07) is 4.70. The van der Waals surface area contributed by atoms with Crippen LogP contribution < -0.4 is 15.8 Å². The summed E-state index contributed by atoms with van der Waals surface area (Å²) in [6.07, 6.45) is 2.22. The van der Waals surface area contributed by atoms with Crippen LogP contribution in [0.1, 0.15) is 35.6 Å². The van der Waals surface area contributed by atoms with Crippen molar-refractivity contribution in [1.29, 1.82) is 0 Å². The molecule has 1 atom stereocenters. The topological polar surface area (TPSA) is 47.3 Å². The van der Waals surface area contributed by atoms with Gasteiger partial charge in [0.25, 0.3) is 0 Å². The molecule has 17 heavy (non-hydrogen) atoms. The Kier molecular flexibility index (Phi) is 4.02. The fraction of sp³-hybridized carbons (Fsp3) is 0.571. The first kappa shape index (κ1) is 12.4. The van der Waals surface area contributed by atoms with Gasteiger partial charge in [-0.25, -0.2) is 0 Å². The number of aryl methyl sites for hydroxylation is 2. The van der Waals surface area contributed by atoms with E-state index in [-0.39, 0.29) is 0 Å². The molecule has 1 aromatic carbocycles. The normalized spacial score (nSPS) is 19.4. The summed E-state index contributed by atoms with van der Waals surface area (Å²) in [6.45, 7) is 6.63. The number of rotatable bonds is 3. The molecule has 1 aliphatic heterocycles. The molecular weight excluding hydrogens is 212 g/mol. The number of hydrogen-bond acceptors (Lipinski definition) is 3. The van der Waals surface area contributed by atoms with E-state index in [2.05, 4.69) is 31.3 Å². The first-order valence-electron chi connectivity index (χ1n) is 6.40. The minimum absolute atomic E-state index is 0.385. The molecule has 0 amide bonds. The van der Waals surface area contributed by atoms with Crippen molar-refractivity contribution in [2.45, 2.75) is 32.7 Å². The molecule has 2 rings (SSSR count). The summed E-state index contributed by atoms with van der Waals surface area (Å²) in [7, 11) is 0. The van der Waals surface area contributed by atoms with E-state index in [1.807, 2.05) is 0 Å². The second-order valence-electron chi connectivity index (χ2n) is 4.73. The number of nitrogens with two attached hydrogens (primary N) is 1. The Hall–Kier alpha value is -1.06. The Morgan fingerprint density at radius 1 is 1.35 bits per heavy atom. The van der Waals surface area contributed by atoms with Crippen molar-refractivity contribution < 1.29 is 4.74 Å². The molecule has 0 saturated heterocycles. The average Bonchev–Trinajstić information content (AvgIpc) is 2.54. The van der Waals surface area contributed by atoms with Crippen molar-refractivity contribution in [2.24, 2.45) is 5.73 Å². The van der Waals surface area contributed by atoms with Gasteiger partial charge in [0, 0.05) is 24.7 Å². The van der Waals surface area contributed by atoms with Gasteiger partial charge in [0.2, 0.25) is 0 Å². The third-order valence-corrected chi connectivity index (χ3v) is 3.38. The molecule has 0 radical (unpaired) electrons. The second kappa shape index (κ2) is 5.52. The zero-order valence-electron chi connectivity index (χ0n) is 10.8. The number of fused-ring (bicyclic) bond motifs is 1. The minimum Gasteiger partial charge on any atom is -0.493 e. The lowest BCUT2D eigenvalue weighted by Gasteiger charge is -2.21. The van der Waals surface area contributed by atoms with E-state index in [0.29, 0.717) is 12.6 Å². The molecule has 94 valence electrons. The standard InChI is InChI=1S/C14H22N2O/c1-10-5-6-11(2)14-13(10)12(16-8-7-15)4-3-9-17-14/h5-6,12,16H,3-4,7-9,15H2,1-2H3. The Bertz CT molecular complexity index is 390. The van der Waals surface area contributed by atoms with Crippen LogP contribution in [0.3, 0.4) is 0 Å². The van der Waals surface area contributed by atoms with Crippen molar-refractivity contribution >= 4 is 0 Å². The fourth-order valence-electron chi connectivity index (χ4n) is 2.50. The molecule has 3 nitrogen and oxygen atoms in total. The lowest BCUT2D eigenvalue weighted by atomic mass is 9.95. The van der Waals surface area contributed by atoms with Crippen LogP contribution in [0.25, 0.3) is 0 Å². The molecule has 0 aromatic heterocycles. The van der Waals surface area contributed by atoms with E-state index in [1.54, 1.807) is 0 Å². The largest absolute Gasteiger partial charge is 0.493 e. The molecule has 0 bridgehead atoms. The van der Waals surface area contributed by atoms with Crippen LogP contribution in [0.5, 0.6) is 5.75 Å². The second-order valence-corrected chi connectivity index (χ2v) is 4.73. The Balaban J connectivity index is 2.36. The number of hydrogen-bond donors (Lipinski definition) is 2. The van der Waals surface area contributed by atoms with E-state index in [0.717, 1.165) is 31.7 Å². The molecule has 0 saturated carbocycles. The monoisotopic (exact) mass is 234 g/mol. The highest BCUT2D eigenvalue weighted by molar-refractivity contribution is 5.47. The summed E-state index contributed by atoms with van der Waals surface area (Å²) < 4.78 is 5.90. The Morgan fingerprint density at radius 2 is 2.12 bits per heavy atom. The molecule has 1 aromatic rings. The molecule has 1 heterocycles. The molecule has 1 unspecified atom stereocenters. The van der Waals surface area contributed by atoms with Gasteiger partial charge in [0.05, 0.1) is 6.61 Å². The van der Waals surface area contributed by atoms with Gasteiger partial charge in [-0.1, -0.05) is 12.1 Å². The Morgan fingerprint density at radius 3 is 2.88 bits per heavy atom. The maximum absolute atomic E-state index is 5.90. The zero-order chi connectivity index (χ0) is 12.3. The van der Waals surface area contributed by atoms with E-state index in [9.17, 15) is 0 Å². The average molecular weight is 234 g/mol. The number of ether oxygens (including phenoxy) is 1. The number of benzene rings is 1. The molecule has 3 heteroatoms. The number of nitrogens with one attached hydrogen (secondary N) is 1. The van der Waals surface area contributed by atoms with Gasteiger partial charge in [0.15, 0.2) is 0 Å². The van der Waals surface area contributed by atoms with Crippen LogP contribution in [0.15, 0.2) is 12.1 Å². The van der Waals surface area contributed by atoms with E-state index in [1.165, 1.54) is 16.7 Å². The van der Waals surface area contributed by atoms with Gasteiger partial charge < -0.3 is 15.8 Å². The van der Waals surface area contributed by atoms with Crippen molar-refractivity contribution in [3.8, 4) is 5.75 Å². The highest BCUT2D eigenvalue weighted by atomic mass is 16.5. The van der Waals surface area contributed by atoms with Crippen molar-refractivity contribution in [3.05, 3.63) is 28.8 Å². The summed E-state index contributed by atoms with van der Waals surface area (Å²) in [4.78, 5) is 0. The van der Waals surface area contributed by atoms with Crippen molar-refractivity contribution in [1.82, 2.24) is 5.32 Å². The summed E-state index contributed by atoms with van der Waals surface area (Å²) in [5, 5.41) is 3.53. The molecule has 0 aliphatic carbocycles. The first-order chi connectivity index (χ1) is 8.24. The maximum Gasteiger partial charge on any atom is 0.127 e.